The zero-order valence-corrected chi connectivity index (χ0v) is 10.6. The fraction of sp³-hybridized carbons (Fsp3) is 0.250. The second-order valence-electron chi connectivity index (χ2n) is 2.89. The molecule has 0 bridgehead atoms. The first-order valence-electron chi connectivity index (χ1n) is 4.09. The Morgan fingerprint density at radius 1 is 1.11 bits per heavy atom. The standard InChI is InChI=1S/C8H4BrF6NOS/c9-5-3(16)1-2-4(18-8(13,14)15)6(5)17-7(10,11)12/h1-2H,16H2. The Kier molecular flexibility index (Phi) is 4.31. The lowest BCUT2D eigenvalue weighted by molar-refractivity contribution is -0.275. The van der Waals surface area contributed by atoms with E-state index < -0.39 is 34.3 Å². The van der Waals surface area contributed by atoms with Gasteiger partial charge in [-0.3, -0.25) is 0 Å². The molecule has 18 heavy (non-hydrogen) atoms. The highest BCUT2D eigenvalue weighted by Crippen LogP contribution is 2.47. The first-order chi connectivity index (χ1) is 7.99. The lowest BCUT2D eigenvalue weighted by Gasteiger charge is -2.16. The summed E-state index contributed by atoms with van der Waals surface area (Å²) in [6, 6.07) is 1.85. The van der Waals surface area contributed by atoms with Crippen LogP contribution in [0.15, 0.2) is 21.5 Å². The minimum Gasteiger partial charge on any atom is -0.403 e. The molecule has 2 nitrogen and oxygen atoms in total. The van der Waals surface area contributed by atoms with Crippen molar-refractivity contribution in [2.75, 3.05) is 5.73 Å². The van der Waals surface area contributed by atoms with E-state index in [0.717, 1.165) is 12.1 Å². The molecule has 1 aromatic rings. The van der Waals surface area contributed by atoms with E-state index in [1.807, 2.05) is 0 Å². The van der Waals surface area contributed by atoms with E-state index >= 15 is 0 Å². The Bertz CT molecular complexity index is 446. The molecule has 1 aromatic carbocycles. The van der Waals surface area contributed by atoms with Crippen LogP contribution in [0.4, 0.5) is 32.0 Å². The minimum absolute atomic E-state index is 0.166. The number of nitrogens with two attached hydrogens (primary N) is 1. The number of nitrogen functional groups attached to an aromatic ring is 1. The van der Waals surface area contributed by atoms with Crippen LogP contribution in [0.25, 0.3) is 0 Å². The van der Waals surface area contributed by atoms with E-state index in [0.29, 0.717) is 0 Å². The number of ether oxygens (including phenoxy) is 1. The summed E-state index contributed by atoms with van der Waals surface area (Å²) >= 11 is 1.94. The highest BCUT2D eigenvalue weighted by molar-refractivity contribution is 9.10. The van der Waals surface area contributed by atoms with Crippen LogP contribution in [0.3, 0.4) is 0 Å². The molecule has 0 radical (unpaired) electrons. The lowest BCUT2D eigenvalue weighted by Crippen LogP contribution is -2.18. The van der Waals surface area contributed by atoms with Crippen molar-refractivity contribution in [1.82, 2.24) is 0 Å². The molecule has 0 aliphatic heterocycles. The van der Waals surface area contributed by atoms with E-state index in [1.165, 1.54) is 0 Å². The van der Waals surface area contributed by atoms with E-state index in [4.69, 9.17) is 5.73 Å². The monoisotopic (exact) mass is 355 g/mol. The molecule has 0 spiro atoms. The smallest absolute Gasteiger partial charge is 0.403 e. The normalized spacial score (nSPS) is 12.6. The number of anilines is 1. The Hall–Kier alpha value is -0.770. The van der Waals surface area contributed by atoms with Crippen molar-refractivity contribution >= 4 is 33.4 Å². The van der Waals surface area contributed by atoms with Crippen LogP contribution in [0.2, 0.25) is 0 Å². The fourth-order valence-corrected chi connectivity index (χ4v) is 2.15. The second-order valence-corrected chi connectivity index (χ2v) is 4.79. The number of hydrogen-bond donors (Lipinski definition) is 1. The molecule has 0 unspecified atom stereocenters. The number of rotatable bonds is 2. The third-order valence-electron chi connectivity index (χ3n) is 1.53. The minimum atomic E-state index is -5.11. The van der Waals surface area contributed by atoms with Gasteiger partial charge in [-0.15, -0.1) is 13.2 Å². The summed E-state index contributed by atoms with van der Waals surface area (Å²) in [5, 5.41) is 0. The first kappa shape index (κ1) is 15.3. The number of hydrogen-bond acceptors (Lipinski definition) is 3. The average molecular weight is 356 g/mol. The maximum Gasteiger partial charge on any atom is 0.573 e. The first-order valence-corrected chi connectivity index (χ1v) is 5.70. The number of alkyl halides is 6. The predicted octanol–water partition coefficient (Wildman–Crippen LogP) is 4.54. The Morgan fingerprint density at radius 3 is 2.11 bits per heavy atom. The van der Waals surface area contributed by atoms with Crippen LogP contribution in [0, 0.1) is 0 Å². The molecular weight excluding hydrogens is 352 g/mol. The predicted molar refractivity (Wildman–Crippen MR) is 57.1 cm³/mol. The van der Waals surface area contributed by atoms with Crippen molar-refractivity contribution in [1.29, 1.82) is 0 Å². The van der Waals surface area contributed by atoms with Gasteiger partial charge in [0.2, 0.25) is 0 Å². The molecule has 0 aliphatic rings. The van der Waals surface area contributed by atoms with Gasteiger partial charge in [0.25, 0.3) is 0 Å². The summed E-state index contributed by atoms with van der Waals surface area (Å²) in [7, 11) is 0. The average Bonchev–Trinajstić information content (AvgIpc) is 2.14. The molecule has 2 N–H and O–H groups in total. The summed E-state index contributed by atoms with van der Waals surface area (Å²) in [5.74, 6) is -1.01. The molecule has 10 heteroatoms. The Labute approximate surface area is 110 Å². The van der Waals surface area contributed by atoms with Crippen LogP contribution in [0.5, 0.6) is 5.75 Å². The summed E-state index contributed by atoms with van der Waals surface area (Å²) in [6.45, 7) is 0. The summed E-state index contributed by atoms with van der Waals surface area (Å²) in [5.41, 5.74) is 0.385. The quantitative estimate of drug-likeness (QED) is 0.480. The molecule has 0 fully saturated rings. The van der Waals surface area contributed by atoms with Gasteiger partial charge in [-0.25, -0.2) is 0 Å². The number of halogens is 7. The highest BCUT2D eigenvalue weighted by Gasteiger charge is 2.37. The van der Waals surface area contributed by atoms with Crippen molar-refractivity contribution in [2.24, 2.45) is 0 Å². The van der Waals surface area contributed by atoms with Gasteiger partial charge in [0.15, 0.2) is 5.75 Å². The molecule has 0 aromatic heterocycles. The van der Waals surface area contributed by atoms with Gasteiger partial charge in [-0.05, 0) is 39.8 Å². The van der Waals surface area contributed by atoms with Gasteiger partial charge in [0, 0.05) is 5.69 Å². The van der Waals surface area contributed by atoms with Gasteiger partial charge in [-0.1, -0.05) is 0 Å². The Morgan fingerprint density at radius 2 is 1.67 bits per heavy atom. The van der Waals surface area contributed by atoms with Crippen LogP contribution in [-0.4, -0.2) is 11.9 Å². The molecule has 1 rings (SSSR count). The van der Waals surface area contributed by atoms with Crippen molar-refractivity contribution in [3.05, 3.63) is 16.6 Å². The molecule has 0 heterocycles. The number of thioether (sulfide) groups is 1. The van der Waals surface area contributed by atoms with E-state index in [9.17, 15) is 26.3 Å². The molecule has 0 saturated carbocycles. The maximum atomic E-state index is 12.2. The fourth-order valence-electron chi connectivity index (χ4n) is 0.969. The summed E-state index contributed by atoms with van der Waals surface area (Å²) in [6.07, 6.45) is -5.11. The van der Waals surface area contributed by atoms with Crippen LogP contribution in [0.1, 0.15) is 0 Å². The van der Waals surface area contributed by atoms with Crippen LogP contribution in [-0.2, 0) is 0 Å². The van der Waals surface area contributed by atoms with Gasteiger partial charge in [0.05, 0.1) is 9.37 Å². The van der Waals surface area contributed by atoms with Crippen LogP contribution < -0.4 is 10.5 Å². The van der Waals surface area contributed by atoms with Gasteiger partial charge < -0.3 is 10.5 Å². The van der Waals surface area contributed by atoms with Crippen molar-refractivity contribution < 1.29 is 31.1 Å². The van der Waals surface area contributed by atoms with Crippen molar-refractivity contribution in [2.45, 2.75) is 16.8 Å². The second kappa shape index (κ2) is 5.08. The van der Waals surface area contributed by atoms with E-state index in [-0.39, 0.29) is 10.2 Å². The van der Waals surface area contributed by atoms with E-state index in [2.05, 4.69) is 20.7 Å². The SMILES string of the molecule is Nc1ccc(SC(F)(F)F)c(OC(F)(F)F)c1Br. The largest absolute Gasteiger partial charge is 0.573 e. The maximum absolute atomic E-state index is 12.2. The lowest BCUT2D eigenvalue weighted by atomic mass is 10.3. The zero-order chi connectivity index (χ0) is 14.1. The van der Waals surface area contributed by atoms with Crippen molar-refractivity contribution in [3.63, 3.8) is 0 Å². The molecule has 0 aliphatic carbocycles. The van der Waals surface area contributed by atoms with Gasteiger partial charge >= 0.3 is 11.9 Å². The van der Waals surface area contributed by atoms with Gasteiger partial charge in [0.1, 0.15) is 0 Å². The third-order valence-corrected chi connectivity index (χ3v) is 3.13. The molecule has 0 atom stereocenters. The van der Waals surface area contributed by atoms with Gasteiger partial charge in [-0.2, -0.15) is 13.2 Å². The van der Waals surface area contributed by atoms with E-state index in [1.54, 1.807) is 0 Å². The van der Waals surface area contributed by atoms with Crippen molar-refractivity contribution in [3.8, 4) is 5.75 Å². The Balaban J connectivity index is 3.22. The zero-order valence-electron chi connectivity index (χ0n) is 8.19. The molecule has 102 valence electrons. The molecule has 0 saturated heterocycles. The summed E-state index contributed by atoms with van der Waals surface area (Å²) in [4.78, 5) is -0.735. The third kappa shape index (κ3) is 4.48. The number of benzene rings is 1. The van der Waals surface area contributed by atoms with Crippen LogP contribution >= 0.6 is 27.7 Å². The molecule has 0 amide bonds. The topological polar surface area (TPSA) is 35.2 Å². The highest BCUT2D eigenvalue weighted by atomic mass is 79.9. The summed E-state index contributed by atoms with van der Waals surface area (Å²) < 4.78 is 75.9. The molecular formula is C8H4BrF6NOS.